The third-order valence-corrected chi connectivity index (χ3v) is 3.90. The molecule has 3 rings (SSSR count). The third-order valence-electron chi connectivity index (χ3n) is 3.90. The predicted octanol–water partition coefficient (Wildman–Crippen LogP) is 0.645. The summed E-state index contributed by atoms with van der Waals surface area (Å²) < 4.78 is 6.75. The van der Waals surface area contributed by atoms with E-state index >= 15 is 0 Å². The number of carbonyl (C=O) groups excluding carboxylic acids is 1. The van der Waals surface area contributed by atoms with Gasteiger partial charge in [-0.1, -0.05) is 6.07 Å². The van der Waals surface area contributed by atoms with Crippen LogP contribution in [0.15, 0.2) is 35.4 Å². The van der Waals surface area contributed by atoms with Gasteiger partial charge in [-0.3, -0.25) is 14.0 Å². The zero-order valence-electron chi connectivity index (χ0n) is 13.1. The molecule has 1 aliphatic rings. The van der Waals surface area contributed by atoms with Crippen molar-refractivity contribution < 1.29 is 9.53 Å². The zero-order valence-corrected chi connectivity index (χ0v) is 14.7. The lowest BCUT2D eigenvalue weighted by molar-refractivity contribution is 0.0447. The van der Waals surface area contributed by atoms with Gasteiger partial charge < -0.3 is 15.4 Å². The molecule has 0 saturated carbocycles. The van der Waals surface area contributed by atoms with Crippen molar-refractivity contribution in [2.24, 2.45) is 0 Å². The molecule has 1 aliphatic heterocycles. The van der Waals surface area contributed by atoms with Gasteiger partial charge in [-0.15, -0.1) is 24.8 Å². The Bertz CT molecular complexity index is 753. The Morgan fingerprint density at radius 1 is 1.42 bits per heavy atom. The fourth-order valence-electron chi connectivity index (χ4n) is 2.69. The van der Waals surface area contributed by atoms with E-state index < -0.39 is 5.91 Å². The van der Waals surface area contributed by atoms with Crippen LogP contribution in [-0.4, -0.2) is 47.6 Å². The number of hydrogen-bond acceptors (Lipinski definition) is 5. The van der Waals surface area contributed by atoms with Crippen molar-refractivity contribution in [3.8, 4) is 0 Å². The van der Waals surface area contributed by atoms with Gasteiger partial charge in [-0.2, -0.15) is 0 Å². The Morgan fingerprint density at radius 3 is 2.96 bits per heavy atom. The Morgan fingerprint density at radius 2 is 2.21 bits per heavy atom. The minimum Gasteiger partial charge on any atom is -0.379 e. The highest BCUT2D eigenvalue weighted by molar-refractivity contribution is 5.94. The summed E-state index contributed by atoms with van der Waals surface area (Å²) in [7, 11) is 1.63. The number of pyridine rings is 1. The maximum Gasteiger partial charge on any atom is 0.270 e. The topological polar surface area (TPSA) is 84.7 Å². The van der Waals surface area contributed by atoms with Crippen LogP contribution in [0.25, 0.3) is 5.65 Å². The van der Waals surface area contributed by atoms with Crippen molar-refractivity contribution in [1.82, 2.24) is 20.0 Å². The van der Waals surface area contributed by atoms with Gasteiger partial charge in [0.05, 0.1) is 12.1 Å². The Balaban J connectivity index is 0.00000144. The molecule has 7 nitrogen and oxygen atoms in total. The molecule has 0 unspecified atom stereocenters. The fraction of sp³-hybridized carbons (Fsp3) is 0.400. The van der Waals surface area contributed by atoms with Crippen LogP contribution in [0.1, 0.15) is 16.8 Å². The van der Waals surface area contributed by atoms with E-state index in [0.717, 1.165) is 13.0 Å². The second-order valence-electron chi connectivity index (χ2n) is 5.25. The number of aromatic nitrogens is 2. The molecular weight excluding hydrogens is 355 g/mol. The highest BCUT2D eigenvalue weighted by Crippen LogP contribution is 2.08. The van der Waals surface area contributed by atoms with Crippen LogP contribution in [0, 0.1) is 0 Å². The van der Waals surface area contributed by atoms with Crippen LogP contribution in [-0.2, 0) is 4.74 Å². The van der Waals surface area contributed by atoms with E-state index in [1.54, 1.807) is 31.5 Å². The minimum atomic E-state index is -0.425. The summed E-state index contributed by atoms with van der Waals surface area (Å²) in [5.74, 6) is -0.425. The summed E-state index contributed by atoms with van der Waals surface area (Å²) >= 11 is 0. The first-order valence-corrected chi connectivity index (χ1v) is 7.21. The average Bonchev–Trinajstić information content (AvgIpc) is 2.56. The number of halogens is 2. The van der Waals surface area contributed by atoms with Gasteiger partial charge in [0.2, 0.25) is 0 Å². The molecule has 0 radical (unpaired) electrons. The summed E-state index contributed by atoms with van der Waals surface area (Å²) in [5, 5.41) is 6.07. The van der Waals surface area contributed by atoms with E-state index in [1.807, 2.05) is 0 Å². The molecule has 0 spiro atoms. The van der Waals surface area contributed by atoms with Crippen molar-refractivity contribution in [3.63, 3.8) is 0 Å². The number of fused-ring (bicyclic) bond motifs is 1. The summed E-state index contributed by atoms with van der Waals surface area (Å²) in [4.78, 5) is 28.9. The second kappa shape index (κ2) is 8.98. The molecule has 1 fully saturated rings. The molecule has 9 heteroatoms. The van der Waals surface area contributed by atoms with Gasteiger partial charge in [0.25, 0.3) is 11.5 Å². The summed E-state index contributed by atoms with van der Waals surface area (Å²) in [6.45, 7) is 1.47. The number of ether oxygens (including phenoxy) is 1. The highest BCUT2D eigenvalue weighted by atomic mass is 35.5. The lowest BCUT2D eigenvalue weighted by Crippen LogP contribution is -2.55. The monoisotopic (exact) mass is 374 g/mol. The minimum absolute atomic E-state index is 0. The smallest absolute Gasteiger partial charge is 0.270 e. The largest absolute Gasteiger partial charge is 0.379 e. The molecule has 24 heavy (non-hydrogen) atoms. The van der Waals surface area contributed by atoms with Gasteiger partial charge in [0.1, 0.15) is 11.2 Å². The highest BCUT2D eigenvalue weighted by Gasteiger charge is 2.27. The van der Waals surface area contributed by atoms with Gasteiger partial charge >= 0.3 is 0 Å². The van der Waals surface area contributed by atoms with Gasteiger partial charge in [-0.25, -0.2) is 4.98 Å². The molecule has 0 aliphatic carbocycles. The molecule has 132 valence electrons. The van der Waals surface area contributed by atoms with Crippen LogP contribution >= 0.6 is 24.8 Å². The van der Waals surface area contributed by atoms with Gasteiger partial charge in [0.15, 0.2) is 0 Å². The lowest BCUT2D eigenvalue weighted by Gasteiger charge is -2.31. The molecule has 1 amide bonds. The first-order valence-electron chi connectivity index (χ1n) is 7.21. The number of piperidine rings is 1. The van der Waals surface area contributed by atoms with Crippen LogP contribution in [0.4, 0.5) is 0 Å². The predicted molar refractivity (Wildman–Crippen MR) is 95.5 cm³/mol. The molecular formula is C15H20Cl2N4O3. The number of rotatable bonds is 3. The van der Waals surface area contributed by atoms with Crippen LogP contribution in [0.2, 0.25) is 0 Å². The lowest BCUT2D eigenvalue weighted by atomic mass is 10.0. The van der Waals surface area contributed by atoms with Gasteiger partial charge in [-0.05, 0) is 25.1 Å². The number of carbonyl (C=O) groups is 1. The normalized spacial score (nSPS) is 19.9. The first-order chi connectivity index (χ1) is 10.7. The summed E-state index contributed by atoms with van der Waals surface area (Å²) in [6, 6.07) is 5.07. The second-order valence-corrected chi connectivity index (χ2v) is 5.25. The Labute approximate surface area is 151 Å². The molecule has 0 bridgehead atoms. The molecule has 2 aromatic rings. The molecule has 1 saturated heterocycles. The maximum atomic E-state index is 12.4. The van der Waals surface area contributed by atoms with Crippen LogP contribution in [0.3, 0.4) is 0 Å². The SMILES string of the molecule is CO[C@@H]1CCNC[C@@H]1NC(=O)c1cnc2ccccn2c1=O.Cl.Cl. The first kappa shape index (κ1) is 20.4. The fourth-order valence-corrected chi connectivity index (χ4v) is 2.69. The molecule has 3 heterocycles. The number of nitrogens with one attached hydrogen (secondary N) is 2. The van der Waals surface area contributed by atoms with Crippen LogP contribution in [0.5, 0.6) is 0 Å². The number of amides is 1. The maximum absolute atomic E-state index is 12.4. The molecule has 2 N–H and O–H groups in total. The molecule has 2 aromatic heterocycles. The molecule has 2 atom stereocenters. The van der Waals surface area contributed by atoms with E-state index in [-0.39, 0.29) is 48.1 Å². The summed E-state index contributed by atoms with van der Waals surface area (Å²) in [6.07, 6.45) is 3.68. The number of methoxy groups -OCH3 is 1. The summed E-state index contributed by atoms with van der Waals surface area (Å²) in [5.41, 5.74) is 0.170. The Kier molecular flexibility index (Phi) is 7.62. The van der Waals surface area contributed by atoms with Crippen LogP contribution < -0.4 is 16.2 Å². The van der Waals surface area contributed by atoms with Crippen molar-refractivity contribution in [1.29, 1.82) is 0 Å². The standard InChI is InChI=1S/C15H18N4O3.2ClH/c1-22-12-5-6-16-9-11(12)18-14(20)10-8-17-13-4-2-3-7-19(13)15(10)21;;/h2-4,7-8,11-12,16H,5-6,9H2,1H3,(H,18,20);2*1H/t11-,12+;;/m0../s1. The third kappa shape index (κ3) is 4.05. The van der Waals surface area contributed by atoms with E-state index in [2.05, 4.69) is 15.6 Å². The van der Waals surface area contributed by atoms with Gasteiger partial charge in [0, 0.05) is 26.0 Å². The van der Waals surface area contributed by atoms with E-state index in [1.165, 1.54) is 10.6 Å². The zero-order chi connectivity index (χ0) is 15.5. The molecule has 0 aromatic carbocycles. The average molecular weight is 375 g/mol. The quantitative estimate of drug-likeness (QED) is 0.823. The van der Waals surface area contributed by atoms with Crippen molar-refractivity contribution in [3.05, 3.63) is 46.5 Å². The Hall–Kier alpha value is -1.67. The van der Waals surface area contributed by atoms with E-state index in [0.29, 0.717) is 12.2 Å². The number of nitrogens with zero attached hydrogens (tertiary/aromatic N) is 2. The number of hydrogen-bond donors (Lipinski definition) is 2. The van der Waals surface area contributed by atoms with Crippen molar-refractivity contribution in [2.45, 2.75) is 18.6 Å². The van der Waals surface area contributed by atoms with E-state index in [4.69, 9.17) is 4.74 Å². The van der Waals surface area contributed by atoms with Crippen molar-refractivity contribution >= 4 is 36.4 Å². The van der Waals surface area contributed by atoms with Crippen molar-refractivity contribution in [2.75, 3.05) is 20.2 Å². The van der Waals surface area contributed by atoms with E-state index in [9.17, 15) is 9.59 Å².